The predicted octanol–water partition coefficient (Wildman–Crippen LogP) is 6.51. The number of carbonyl (C=O) groups is 1. The minimum Gasteiger partial charge on any atom is -0.478 e. The lowest BCUT2D eigenvalue weighted by Crippen LogP contribution is -2.18. The van der Waals surface area contributed by atoms with Crippen molar-refractivity contribution in [3.8, 4) is 28.3 Å². The Balaban J connectivity index is 1.63. The SMILES string of the molecule is O=C(O)C(Oc1ccc(-c2ccc(F)cc2)cc1-c1nc2ccccc2o1)c1ccccc1. The highest BCUT2D eigenvalue weighted by molar-refractivity contribution is 5.81. The van der Waals surface area contributed by atoms with Gasteiger partial charge in [-0.25, -0.2) is 14.2 Å². The van der Waals surface area contributed by atoms with Gasteiger partial charge in [0.2, 0.25) is 12.0 Å². The van der Waals surface area contributed by atoms with E-state index in [9.17, 15) is 14.3 Å². The maximum Gasteiger partial charge on any atom is 0.349 e. The molecule has 33 heavy (non-hydrogen) atoms. The number of benzene rings is 4. The highest BCUT2D eigenvalue weighted by Crippen LogP contribution is 2.37. The molecule has 0 amide bonds. The molecule has 1 N–H and O–H groups in total. The van der Waals surface area contributed by atoms with Gasteiger partial charge in [0.25, 0.3) is 0 Å². The van der Waals surface area contributed by atoms with Gasteiger partial charge in [0.1, 0.15) is 17.1 Å². The average molecular weight is 439 g/mol. The molecule has 0 saturated heterocycles. The Hall–Kier alpha value is -4.45. The fraction of sp³-hybridized carbons (Fsp3) is 0.0370. The summed E-state index contributed by atoms with van der Waals surface area (Å²) in [6, 6.07) is 27.5. The van der Waals surface area contributed by atoms with Gasteiger partial charge in [0.15, 0.2) is 5.58 Å². The first kappa shape index (κ1) is 20.5. The zero-order valence-corrected chi connectivity index (χ0v) is 17.3. The molecule has 0 saturated carbocycles. The zero-order valence-electron chi connectivity index (χ0n) is 17.3. The lowest BCUT2D eigenvalue weighted by Gasteiger charge is -2.18. The topological polar surface area (TPSA) is 72.6 Å². The van der Waals surface area contributed by atoms with Crippen molar-refractivity contribution >= 4 is 17.1 Å². The fourth-order valence-electron chi connectivity index (χ4n) is 3.63. The maximum absolute atomic E-state index is 13.4. The Bertz CT molecular complexity index is 1400. The normalized spacial score (nSPS) is 11.9. The van der Waals surface area contributed by atoms with Crippen molar-refractivity contribution in [1.29, 1.82) is 0 Å². The van der Waals surface area contributed by atoms with Crippen molar-refractivity contribution in [1.82, 2.24) is 4.98 Å². The number of carboxylic acid groups (broad SMARTS) is 1. The smallest absolute Gasteiger partial charge is 0.349 e. The summed E-state index contributed by atoms with van der Waals surface area (Å²) in [5.74, 6) is -0.839. The third-order valence-corrected chi connectivity index (χ3v) is 5.25. The van der Waals surface area contributed by atoms with Gasteiger partial charge in [-0.15, -0.1) is 0 Å². The van der Waals surface area contributed by atoms with E-state index in [0.717, 1.165) is 11.1 Å². The Kier molecular flexibility index (Phi) is 5.32. The summed E-state index contributed by atoms with van der Waals surface area (Å²) in [6.45, 7) is 0. The number of hydrogen-bond acceptors (Lipinski definition) is 4. The van der Waals surface area contributed by atoms with E-state index in [1.807, 2.05) is 24.3 Å². The van der Waals surface area contributed by atoms with Crippen LogP contribution in [0.4, 0.5) is 4.39 Å². The first-order valence-corrected chi connectivity index (χ1v) is 10.3. The van der Waals surface area contributed by atoms with Crippen LogP contribution in [0.2, 0.25) is 0 Å². The molecule has 6 heteroatoms. The highest BCUT2D eigenvalue weighted by Gasteiger charge is 2.25. The molecule has 0 fully saturated rings. The van der Waals surface area contributed by atoms with E-state index in [1.165, 1.54) is 12.1 Å². The van der Waals surface area contributed by atoms with Gasteiger partial charge in [0.05, 0.1) is 5.56 Å². The molecule has 5 aromatic rings. The Morgan fingerprint density at radius 1 is 0.879 bits per heavy atom. The largest absolute Gasteiger partial charge is 0.478 e. The molecular formula is C27H18FNO4. The van der Waals surface area contributed by atoms with Crippen molar-refractivity contribution in [2.45, 2.75) is 6.10 Å². The number of carboxylic acids is 1. The van der Waals surface area contributed by atoms with Crippen molar-refractivity contribution < 1.29 is 23.4 Å². The Morgan fingerprint density at radius 2 is 1.58 bits per heavy atom. The number of aromatic nitrogens is 1. The van der Waals surface area contributed by atoms with Gasteiger partial charge in [0, 0.05) is 5.56 Å². The van der Waals surface area contributed by atoms with Gasteiger partial charge < -0.3 is 14.3 Å². The van der Waals surface area contributed by atoms with E-state index in [4.69, 9.17) is 9.15 Å². The molecule has 0 aliphatic heterocycles. The number of para-hydroxylation sites is 2. The van der Waals surface area contributed by atoms with Crippen LogP contribution >= 0.6 is 0 Å². The van der Waals surface area contributed by atoms with E-state index in [1.54, 1.807) is 60.7 Å². The summed E-state index contributed by atoms with van der Waals surface area (Å²) in [6.07, 6.45) is -1.22. The van der Waals surface area contributed by atoms with E-state index in [0.29, 0.717) is 33.9 Å². The van der Waals surface area contributed by atoms with Crippen LogP contribution in [0.15, 0.2) is 101 Å². The molecule has 0 aliphatic carbocycles. The maximum atomic E-state index is 13.4. The van der Waals surface area contributed by atoms with Gasteiger partial charge in [-0.1, -0.05) is 60.7 Å². The van der Waals surface area contributed by atoms with Gasteiger partial charge in [-0.2, -0.15) is 0 Å². The molecule has 0 spiro atoms. The molecule has 0 aliphatic rings. The second-order valence-corrected chi connectivity index (χ2v) is 7.45. The molecule has 4 aromatic carbocycles. The number of nitrogens with zero attached hydrogens (tertiary/aromatic N) is 1. The second-order valence-electron chi connectivity index (χ2n) is 7.45. The molecule has 0 bridgehead atoms. The number of hydrogen-bond donors (Lipinski definition) is 1. The quantitative estimate of drug-likeness (QED) is 0.327. The third-order valence-electron chi connectivity index (χ3n) is 5.25. The minimum atomic E-state index is -1.22. The zero-order chi connectivity index (χ0) is 22.8. The predicted molar refractivity (Wildman–Crippen MR) is 122 cm³/mol. The second kappa shape index (κ2) is 8.59. The van der Waals surface area contributed by atoms with Crippen LogP contribution in [0, 0.1) is 5.82 Å². The van der Waals surface area contributed by atoms with Crippen LogP contribution in [0.3, 0.4) is 0 Å². The molecule has 5 nitrogen and oxygen atoms in total. The summed E-state index contributed by atoms with van der Waals surface area (Å²) in [4.78, 5) is 16.6. The molecule has 1 atom stereocenters. The fourth-order valence-corrected chi connectivity index (χ4v) is 3.63. The van der Waals surface area contributed by atoms with Crippen LogP contribution in [0.25, 0.3) is 33.7 Å². The summed E-state index contributed by atoms with van der Waals surface area (Å²) < 4.78 is 25.4. The molecule has 1 heterocycles. The van der Waals surface area contributed by atoms with Crippen molar-refractivity contribution in [3.63, 3.8) is 0 Å². The van der Waals surface area contributed by atoms with E-state index in [2.05, 4.69) is 4.98 Å². The molecule has 0 radical (unpaired) electrons. The van der Waals surface area contributed by atoms with Crippen LogP contribution in [-0.4, -0.2) is 16.1 Å². The van der Waals surface area contributed by atoms with Gasteiger partial charge in [-0.05, 0) is 47.5 Å². The summed E-state index contributed by atoms with van der Waals surface area (Å²) >= 11 is 0. The minimum absolute atomic E-state index is 0.298. The highest BCUT2D eigenvalue weighted by atomic mass is 19.1. The molecule has 1 unspecified atom stereocenters. The number of aliphatic carboxylic acids is 1. The van der Waals surface area contributed by atoms with Crippen molar-refractivity contribution in [2.75, 3.05) is 0 Å². The summed E-state index contributed by atoms with van der Waals surface area (Å²) in [5.41, 5.74) is 3.85. The first-order valence-electron chi connectivity index (χ1n) is 10.3. The number of oxazole rings is 1. The number of rotatable bonds is 6. The molecular weight excluding hydrogens is 421 g/mol. The Labute approximate surface area is 188 Å². The van der Waals surface area contributed by atoms with E-state index >= 15 is 0 Å². The lowest BCUT2D eigenvalue weighted by molar-refractivity contribution is -0.145. The van der Waals surface area contributed by atoms with Crippen molar-refractivity contribution in [2.24, 2.45) is 0 Å². The molecule has 1 aromatic heterocycles. The monoisotopic (exact) mass is 439 g/mol. The van der Waals surface area contributed by atoms with Crippen LogP contribution in [0.5, 0.6) is 5.75 Å². The standard InChI is InChI=1S/C27H18FNO4/c28-20-13-10-17(11-14-20)19-12-15-23(32-25(27(30)31)18-6-2-1-3-7-18)21(16-19)26-29-22-8-4-5-9-24(22)33-26/h1-16,25H,(H,30,31). The number of fused-ring (bicyclic) bond motifs is 1. The van der Waals surface area contributed by atoms with Gasteiger partial charge in [-0.3, -0.25) is 0 Å². The van der Waals surface area contributed by atoms with Crippen LogP contribution < -0.4 is 4.74 Å². The Morgan fingerprint density at radius 3 is 2.30 bits per heavy atom. The van der Waals surface area contributed by atoms with Crippen LogP contribution in [-0.2, 0) is 4.79 Å². The summed E-state index contributed by atoms with van der Waals surface area (Å²) in [5, 5.41) is 9.82. The van der Waals surface area contributed by atoms with Gasteiger partial charge >= 0.3 is 5.97 Å². The summed E-state index contributed by atoms with van der Waals surface area (Å²) in [7, 11) is 0. The number of ether oxygens (including phenoxy) is 1. The number of halogens is 1. The van der Waals surface area contributed by atoms with Crippen LogP contribution in [0.1, 0.15) is 11.7 Å². The van der Waals surface area contributed by atoms with Crippen molar-refractivity contribution in [3.05, 3.63) is 108 Å². The third kappa shape index (κ3) is 4.19. The van der Waals surface area contributed by atoms with E-state index < -0.39 is 12.1 Å². The lowest BCUT2D eigenvalue weighted by atomic mass is 10.0. The first-order chi connectivity index (χ1) is 16.1. The van der Waals surface area contributed by atoms with E-state index in [-0.39, 0.29) is 5.82 Å². The molecule has 162 valence electrons. The average Bonchev–Trinajstić information content (AvgIpc) is 3.28. The molecule has 5 rings (SSSR count).